The van der Waals surface area contributed by atoms with E-state index in [-0.39, 0.29) is 12.2 Å². The monoisotopic (exact) mass is 182 g/mol. The van der Waals surface area contributed by atoms with Gasteiger partial charge >= 0.3 is 0 Å². The lowest BCUT2D eigenvalue weighted by Crippen LogP contribution is -2.32. The van der Waals surface area contributed by atoms with Crippen molar-refractivity contribution in [3.05, 3.63) is 11.6 Å². The standard InChI is InChI=1S/C11H18O2/c12-9-11(6-3-7-13-11)8-10-4-1-2-5-10/h4,12H,1-3,5-9H2. The number of aliphatic hydroxyl groups excluding tert-OH is 1. The number of allylic oxidation sites excluding steroid dienone is 1. The summed E-state index contributed by atoms with van der Waals surface area (Å²) in [7, 11) is 0. The van der Waals surface area contributed by atoms with Gasteiger partial charge in [0.15, 0.2) is 0 Å². The average Bonchev–Trinajstić information content (AvgIpc) is 2.77. The second kappa shape index (κ2) is 3.81. The maximum Gasteiger partial charge on any atom is 0.0949 e. The molecule has 0 aromatic carbocycles. The van der Waals surface area contributed by atoms with Crippen LogP contribution in [-0.4, -0.2) is 23.9 Å². The highest BCUT2D eigenvalue weighted by Crippen LogP contribution is 2.34. The zero-order valence-electron chi connectivity index (χ0n) is 8.09. The van der Waals surface area contributed by atoms with Crippen molar-refractivity contribution in [1.82, 2.24) is 0 Å². The minimum absolute atomic E-state index is 0.185. The summed E-state index contributed by atoms with van der Waals surface area (Å²) < 4.78 is 5.66. The Kier molecular flexibility index (Phi) is 2.70. The Morgan fingerprint density at radius 1 is 1.46 bits per heavy atom. The first kappa shape index (κ1) is 9.22. The van der Waals surface area contributed by atoms with E-state index in [1.54, 1.807) is 0 Å². The fourth-order valence-corrected chi connectivity index (χ4v) is 2.39. The second-order valence-corrected chi connectivity index (χ2v) is 4.22. The quantitative estimate of drug-likeness (QED) is 0.677. The van der Waals surface area contributed by atoms with Gasteiger partial charge in [-0.05, 0) is 38.5 Å². The van der Waals surface area contributed by atoms with E-state index in [4.69, 9.17) is 4.74 Å². The Hall–Kier alpha value is -0.340. The average molecular weight is 182 g/mol. The van der Waals surface area contributed by atoms with Crippen LogP contribution in [0, 0.1) is 0 Å². The van der Waals surface area contributed by atoms with Gasteiger partial charge in [0, 0.05) is 6.61 Å². The minimum Gasteiger partial charge on any atom is -0.393 e. The zero-order chi connectivity index (χ0) is 9.15. The number of hydrogen-bond acceptors (Lipinski definition) is 2. The Balaban J connectivity index is 1.96. The zero-order valence-corrected chi connectivity index (χ0v) is 8.09. The van der Waals surface area contributed by atoms with Crippen LogP contribution in [0.3, 0.4) is 0 Å². The first-order chi connectivity index (χ1) is 6.35. The summed E-state index contributed by atoms with van der Waals surface area (Å²) in [4.78, 5) is 0. The second-order valence-electron chi connectivity index (χ2n) is 4.22. The smallest absolute Gasteiger partial charge is 0.0949 e. The molecule has 0 bridgehead atoms. The Morgan fingerprint density at radius 2 is 2.38 bits per heavy atom. The van der Waals surface area contributed by atoms with Crippen LogP contribution in [0.5, 0.6) is 0 Å². The van der Waals surface area contributed by atoms with Crippen molar-refractivity contribution in [2.45, 2.75) is 44.1 Å². The SMILES string of the molecule is OCC1(CC2=CCCC2)CCCO1. The number of hydrogen-bond donors (Lipinski definition) is 1. The molecule has 74 valence electrons. The molecule has 2 rings (SSSR count). The van der Waals surface area contributed by atoms with Gasteiger partial charge < -0.3 is 9.84 Å². The van der Waals surface area contributed by atoms with Gasteiger partial charge in [-0.25, -0.2) is 0 Å². The molecule has 2 nitrogen and oxygen atoms in total. The molecule has 1 aliphatic carbocycles. The van der Waals surface area contributed by atoms with Crippen LogP contribution in [0.25, 0.3) is 0 Å². The lowest BCUT2D eigenvalue weighted by Gasteiger charge is -2.26. The van der Waals surface area contributed by atoms with Crippen LogP contribution in [-0.2, 0) is 4.74 Å². The van der Waals surface area contributed by atoms with Crippen molar-refractivity contribution < 1.29 is 9.84 Å². The van der Waals surface area contributed by atoms with Gasteiger partial charge in [0.25, 0.3) is 0 Å². The summed E-state index contributed by atoms with van der Waals surface area (Å²) >= 11 is 0. The fraction of sp³-hybridized carbons (Fsp3) is 0.818. The maximum atomic E-state index is 9.32. The first-order valence-corrected chi connectivity index (χ1v) is 5.27. The third-order valence-electron chi connectivity index (χ3n) is 3.16. The van der Waals surface area contributed by atoms with Gasteiger partial charge in [0.05, 0.1) is 12.2 Å². The molecule has 0 aromatic heterocycles. The molecule has 1 unspecified atom stereocenters. The molecular weight excluding hydrogens is 164 g/mol. The van der Waals surface area contributed by atoms with Crippen molar-refractivity contribution in [3.8, 4) is 0 Å². The molecule has 2 heteroatoms. The van der Waals surface area contributed by atoms with Crippen molar-refractivity contribution in [2.75, 3.05) is 13.2 Å². The number of ether oxygens (including phenoxy) is 1. The third kappa shape index (κ3) is 1.94. The molecule has 1 N–H and O–H groups in total. The molecule has 1 aliphatic heterocycles. The van der Waals surface area contributed by atoms with Crippen LogP contribution in [0.4, 0.5) is 0 Å². The molecule has 0 amide bonds. The van der Waals surface area contributed by atoms with E-state index >= 15 is 0 Å². The molecule has 0 saturated carbocycles. The molecule has 1 fully saturated rings. The van der Waals surface area contributed by atoms with Crippen molar-refractivity contribution in [1.29, 1.82) is 0 Å². The van der Waals surface area contributed by atoms with Crippen LogP contribution < -0.4 is 0 Å². The van der Waals surface area contributed by atoms with Gasteiger partial charge in [0.2, 0.25) is 0 Å². The number of rotatable bonds is 3. The van der Waals surface area contributed by atoms with E-state index in [9.17, 15) is 5.11 Å². The van der Waals surface area contributed by atoms with E-state index in [0.29, 0.717) is 0 Å². The van der Waals surface area contributed by atoms with E-state index in [1.165, 1.54) is 24.8 Å². The van der Waals surface area contributed by atoms with Crippen molar-refractivity contribution >= 4 is 0 Å². The summed E-state index contributed by atoms with van der Waals surface area (Å²) in [5.74, 6) is 0. The molecule has 0 radical (unpaired) electrons. The van der Waals surface area contributed by atoms with Gasteiger partial charge in [-0.2, -0.15) is 0 Å². The highest BCUT2D eigenvalue weighted by atomic mass is 16.5. The van der Waals surface area contributed by atoms with E-state index < -0.39 is 0 Å². The van der Waals surface area contributed by atoms with Gasteiger partial charge in [0.1, 0.15) is 0 Å². The Bertz CT molecular complexity index is 202. The minimum atomic E-state index is -0.212. The number of aliphatic hydroxyl groups is 1. The molecule has 0 spiro atoms. The summed E-state index contributed by atoms with van der Waals surface area (Å²) in [6.07, 6.45) is 9.13. The maximum absolute atomic E-state index is 9.32. The van der Waals surface area contributed by atoms with Crippen LogP contribution in [0.15, 0.2) is 11.6 Å². The Morgan fingerprint density at radius 3 is 2.92 bits per heavy atom. The van der Waals surface area contributed by atoms with Crippen molar-refractivity contribution in [2.24, 2.45) is 0 Å². The molecule has 1 saturated heterocycles. The summed E-state index contributed by atoms with van der Waals surface area (Å²) in [6, 6.07) is 0. The van der Waals surface area contributed by atoms with Gasteiger partial charge in [-0.15, -0.1) is 0 Å². The molecule has 0 aromatic rings. The van der Waals surface area contributed by atoms with E-state index in [2.05, 4.69) is 6.08 Å². The molecule has 2 aliphatic rings. The molecular formula is C11H18O2. The summed E-state index contributed by atoms with van der Waals surface area (Å²) in [6.45, 7) is 1.01. The highest BCUT2D eigenvalue weighted by molar-refractivity contribution is 5.12. The van der Waals surface area contributed by atoms with Crippen LogP contribution in [0.2, 0.25) is 0 Å². The van der Waals surface area contributed by atoms with E-state index in [0.717, 1.165) is 25.9 Å². The van der Waals surface area contributed by atoms with Gasteiger partial charge in [-0.3, -0.25) is 0 Å². The Labute approximate surface area is 79.6 Å². The predicted molar refractivity (Wildman–Crippen MR) is 51.6 cm³/mol. The molecule has 1 atom stereocenters. The predicted octanol–water partition coefficient (Wildman–Crippen LogP) is 2.03. The normalized spacial score (nSPS) is 33.8. The van der Waals surface area contributed by atoms with E-state index in [1.807, 2.05) is 0 Å². The lowest BCUT2D eigenvalue weighted by atomic mass is 9.92. The van der Waals surface area contributed by atoms with Crippen LogP contribution >= 0.6 is 0 Å². The van der Waals surface area contributed by atoms with Crippen LogP contribution in [0.1, 0.15) is 38.5 Å². The van der Waals surface area contributed by atoms with Crippen molar-refractivity contribution in [3.63, 3.8) is 0 Å². The fourth-order valence-electron chi connectivity index (χ4n) is 2.39. The summed E-state index contributed by atoms with van der Waals surface area (Å²) in [5.41, 5.74) is 1.28. The molecule has 13 heavy (non-hydrogen) atoms. The molecule has 1 heterocycles. The van der Waals surface area contributed by atoms with Gasteiger partial charge in [-0.1, -0.05) is 11.6 Å². The largest absolute Gasteiger partial charge is 0.393 e. The summed E-state index contributed by atoms with van der Waals surface area (Å²) in [5, 5.41) is 9.32. The first-order valence-electron chi connectivity index (χ1n) is 5.27. The topological polar surface area (TPSA) is 29.5 Å². The lowest BCUT2D eigenvalue weighted by molar-refractivity contribution is -0.0378. The highest BCUT2D eigenvalue weighted by Gasteiger charge is 2.35. The third-order valence-corrected chi connectivity index (χ3v) is 3.16.